The maximum absolute atomic E-state index is 5.55. The second-order valence-corrected chi connectivity index (χ2v) is 3.39. The first-order chi connectivity index (χ1) is 6.79. The predicted molar refractivity (Wildman–Crippen MR) is 51.6 cm³/mol. The van der Waals surface area contributed by atoms with E-state index < -0.39 is 0 Å². The van der Waals surface area contributed by atoms with Gasteiger partial charge < -0.3 is 15.2 Å². The van der Waals surface area contributed by atoms with Crippen molar-refractivity contribution >= 4 is 0 Å². The quantitative estimate of drug-likeness (QED) is 0.755. The Morgan fingerprint density at radius 3 is 3.00 bits per heavy atom. The van der Waals surface area contributed by atoms with E-state index in [-0.39, 0.29) is 12.4 Å². The molecule has 0 amide bonds. The van der Waals surface area contributed by atoms with E-state index in [1.165, 1.54) is 0 Å². The van der Waals surface area contributed by atoms with Crippen LogP contribution in [0.1, 0.15) is 17.5 Å². The zero-order valence-electron chi connectivity index (χ0n) is 8.14. The monoisotopic (exact) mass is 194 g/mol. The summed E-state index contributed by atoms with van der Waals surface area (Å²) in [5, 5.41) is 0. The van der Waals surface area contributed by atoms with Gasteiger partial charge in [0, 0.05) is 24.0 Å². The molecule has 1 fully saturated rings. The summed E-state index contributed by atoms with van der Waals surface area (Å²) in [6, 6.07) is 3.91. The Hall–Kier alpha value is -0.970. The zero-order valence-corrected chi connectivity index (χ0v) is 8.14. The van der Waals surface area contributed by atoms with Crippen molar-refractivity contribution < 1.29 is 9.47 Å². The molecule has 14 heavy (non-hydrogen) atoms. The number of hydrogen-bond donors (Lipinski definition) is 1. The number of ether oxygens (including phenoxy) is 2. The lowest BCUT2D eigenvalue weighted by molar-refractivity contribution is -0.0587. The molecule has 1 saturated heterocycles. The summed E-state index contributed by atoms with van der Waals surface area (Å²) in [6.07, 6.45) is 1.50. The Labute approximate surface area is 83.0 Å². The number of hydrogen-bond acceptors (Lipinski definition) is 4. The van der Waals surface area contributed by atoms with Crippen LogP contribution in [0.3, 0.4) is 0 Å². The van der Waals surface area contributed by atoms with Crippen LogP contribution in [0.25, 0.3) is 0 Å². The van der Waals surface area contributed by atoms with Crippen molar-refractivity contribution in [3.8, 4) is 0 Å². The minimum Gasteiger partial charge on any atom is -0.346 e. The van der Waals surface area contributed by atoms with E-state index in [2.05, 4.69) is 4.98 Å². The molecule has 76 valence electrons. The number of nitrogens with two attached hydrogens (primary N) is 1. The third-order valence-electron chi connectivity index (χ3n) is 2.22. The van der Waals surface area contributed by atoms with Crippen molar-refractivity contribution in [3.63, 3.8) is 0 Å². The third kappa shape index (κ3) is 1.92. The number of pyridine rings is 1. The minimum absolute atomic E-state index is 0.0151. The maximum atomic E-state index is 5.55. The first kappa shape index (κ1) is 9.58. The third-order valence-corrected chi connectivity index (χ3v) is 2.22. The summed E-state index contributed by atoms with van der Waals surface area (Å²) < 4.78 is 11.0. The molecule has 0 saturated carbocycles. The summed E-state index contributed by atoms with van der Waals surface area (Å²) in [4.78, 5) is 4.18. The van der Waals surface area contributed by atoms with Gasteiger partial charge in [-0.2, -0.15) is 0 Å². The molecule has 0 aliphatic carbocycles. The van der Waals surface area contributed by atoms with E-state index in [4.69, 9.17) is 15.2 Å². The lowest BCUT2D eigenvalue weighted by Gasteiger charge is -2.10. The molecule has 0 aromatic carbocycles. The molecule has 1 aliphatic heterocycles. The van der Waals surface area contributed by atoms with Crippen LogP contribution < -0.4 is 5.73 Å². The van der Waals surface area contributed by atoms with Crippen LogP contribution in [0.15, 0.2) is 18.3 Å². The Balaban J connectivity index is 2.06. The van der Waals surface area contributed by atoms with E-state index in [0.717, 1.165) is 11.3 Å². The second kappa shape index (κ2) is 4.04. The summed E-state index contributed by atoms with van der Waals surface area (Å²) >= 11 is 0. The molecule has 0 spiro atoms. The molecule has 4 heteroatoms. The molecule has 0 radical (unpaired) electrons. The largest absolute Gasteiger partial charge is 0.346 e. The molecule has 1 aliphatic rings. The van der Waals surface area contributed by atoms with Crippen molar-refractivity contribution in [2.45, 2.75) is 19.3 Å². The topological polar surface area (TPSA) is 57.4 Å². The minimum atomic E-state index is -0.295. The molecule has 2 rings (SSSR count). The van der Waals surface area contributed by atoms with E-state index in [9.17, 15) is 0 Å². The van der Waals surface area contributed by atoms with Gasteiger partial charge in [0.2, 0.25) is 0 Å². The van der Waals surface area contributed by atoms with Gasteiger partial charge in [0.15, 0.2) is 6.29 Å². The molecule has 0 bridgehead atoms. The standard InChI is InChI=1S/C10H14N2O2/c1-7-2-3-8(5-12-7)10-13-6-9(4-11)14-10/h2-3,5,9-10H,4,6,11H2,1H3. The fourth-order valence-corrected chi connectivity index (χ4v) is 1.37. The number of rotatable bonds is 2. The first-order valence-corrected chi connectivity index (χ1v) is 4.69. The van der Waals surface area contributed by atoms with Crippen molar-refractivity contribution in [2.75, 3.05) is 13.2 Å². The molecule has 1 aromatic heterocycles. The van der Waals surface area contributed by atoms with Crippen molar-refractivity contribution in [1.29, 1.82) is 0 Å². The Morgan fingerprint density at radius 2 is 2.43 bits per heavy atom. The number of aryl methyl sites for hydroxylation is 1. The van der Waals surface area contributed by atoms with E-state index in [1.807, 2.05) is 19.1 Å². The summed E-state index contributed by atoms with van der Waals surface area (Å²) in [6.45, 7) is 3.01. The van der Waals surface area contributed by atoms with Crippen molar-refractivity contribution in [2.24, 2.45) is 5.73 Å². The van der Waals surface area contributed by atoms with E-state index >= 15 is 0 Å². The summed E-state index contributed by atoms with van der Waals surface area (Å²) in [5.41, 5.74) is 7.42. The van der Waals surface area contributed by atoms with Gasteiger partial charge in [-0.15, -0.1) is 0 Å². The molecule has 4 nitrogen and oxygen atoms in total. The van der Waals surface area contributed by atoms with Crippen LogP contribution in [0, 0.1) is 6.92 Å². The van der Waals surface area contributed by atoms with Crippen LogP contribution >= 0.6 is 0 Å². The first-order valence-electron chi connectivity index (χ1n) is 4.69. The maximum Gasteiger partial charge on any atom is 0.185 e. The predicted octanol–water partition coefficient (Wildman–Crippen LogP) is 0.763. The van der Waals surface area contributed by atoms with Crippen LogP contribution in [-0.2, 0) is 9.47 Å². The van der Waals surface area contributed by atoms with Crippen LogP contribution in [0.2, 0.25) is 0 Å². The molecule has 2 N–H and O–H groups in total. The Bertz CT molecular complexity index is 299. The Kier molecular flexibility index (Phi) is 2.77. The fourth-order valence-electron chi connectivity index (χ4n) is 1.37. The number of aromatic nitrogens is 1. The molecule has 1 aromatic rings. The van der Waals surface area contributed by atoms with Crippen molar-refractivity contribution in [3.05, 3.63) is 29.6 Å². The molecular weight excluding hydrogens is 180 g/mol. The molecule has 2 atom stereocenters. The van der Waals surface area contributed by atoms with E-state index in [1.54, 1.807) is 6.20 Å². The van der Waals surface area contributed by atoms with Crippen molar-refractivity contribution in [1.82, 2.24) is 4.98 Å². The van der Waals surface area contributed by atoms with Gasteiger partial charge >= 0.3 is 0 Å². The van der Waals surface area contributed by atoms with Gasteiger partial charge in [-0.1, -0.05) is 6.07 Å². The highest BCUT2D eigenvalue weighted by Crippen LogP contribution is 2.25. The van der Waals surface area contributed by atoms with E-state index in [0.29, 0.717) is 13.2 Å². The molecular formula is C10H14N2O2. The van der Waals surface area contributed by atoms with Gasteiger partial charge in [0.1, 0.15) is 0 Å². The normalized spacial score (nSPS) is 26.7. The van der Waals surface area contributed by atoms with Crippen LogP contribution in [0.5, 0.6) is 0 Å². The lowest BCUT2D eigenvalue weighted by Crippen LogP contribution is -2.21. The highest BCUT2D eigenvalue weighted by Gasteiger charge is 2.26. The lowest BCUT2D eigenvalue weighted by atomic mass is 10.2. The van der Waals surface area contributed by atoms with Gasteiger partial charge in [-0.3, -0.25) is 4.98 Å². The average Bonchev–Trinajstić information content (AvgIpc) is 2.67. The van der Waals surface area contributed by atoms with Gasteiger partial charge in [0.05, 0.1) is 12.7 Å². The second-order valence-electron chi connectivity index (χ2n) is 3.39. The average molecular weight is 194 g/mol. The highest BCUT2D eigenvalue weighted by molar-refractivity contribution is 5.14. The van der Waals surface area contributed by atoms with Crippen LogP contribution in [0.4, 0.5) is 0 Å². The van der Waals surface area contributed by atoms with Gasteiger partial charge in [-0.25, -0.2) is 0 Å². The van der Waals surface area contributed by atoms with Gasteiger partial charge in [-0.05, 0) is 13.0 Å². The molecule has 2 unspecified atom stereocenters. The number of nitrogens with zero attached hydrogens (tertiary/aromatic N) is 1. The summed E-state index contributed by atoms with van der Waals surface area (Å²) in [7, 11) is 0. The van der Waals surface area contributed by atoms with Crippen LogP contribution in [-0.4, -0.2) is 24.2 Å². The zero-order chi connectivity index (χ0) is 9.97. The Morgan fingerprint density at radius 1 is 1.57 bits per heavy atom. The molecule has 2 heterocycles. The van der Waals surface area contributed by atoms with Gasteiger partial charge in [0.25, 0.3) is 0 Å². The smallest absolute Gasteiger partial charge is 0.185 e. The highest BCUT2D eigenvalue weighted by atomic mass is 16.7. The fraction of sp³-hybridized carbons (Fsp3) is 0.500. The summed E-state index contributed by atoms with van der Waals surface area (Å²) in [5.74, 6) is 0. The SMILES string of the molecule is Cc1ccc(C2OCC(CN)O2)cn1.